The Morgan fingerprint density at radius 2 is 2.42 bits per heavy atom. The third-order valence-corrected chi connectivity index (χ3v) is 2.16. The van der Waals surface area contributed by atoms with E-state index in [0.29, 0.717) is 0 Å². The van der Waals surface area contributed by atoms with Crippen LogP contribution in [0.15, 0.2) is 29.3 Å². The van der Waals surface area contributed by atoms with Gasteiger partial charge in [-0.25, -0.2) is 0 Å². The molecule has 2 rings (SSSR count). The fourth-order valence-corrected chi connectivity index (χ4v) is 1.46. The molecule has 0 radical (unpaired) electrons. The zero-order valence-electron chi connectivity index (χ0n) is 6.11. The maximum Gasteiger partial charge on any atom is 0.138 e. The second kappa shape index (κ2) is 2.88. The van der Waals surface area contributed by atoms with Crippen LogP contribution in [0, 0.1) is 10.7 Å². The van der Waals surface area contributed by atoms with Gasteiger partial charge in [-0.05, 0) is 30.0 Å². The maximum atomic E-state index is 8.43. The number of fused-ring (bicyclic) bond motifs is 1. The van der Waals surface area contributed by atoms with Crippen molar-refractivity contribution >= 4 is 22.7 Å². The molecule has 2 aromatic rings. The Hall–Kier alpha value is -1.47. The number of hydrogen-bond donors (Lipinski definition) is 1. The van der Waals surface area contributed by atoms with Crippen LogP contribution in [0.25, 0.3) is 10.9 Å². The van der Waals surface area contributed by atoms with Crippen LogP contribution in [0.2, 0.25) is 0 Å². The van der Waals surface area contributed by atoms with Crippen LogP contribution < -0.4 is 0 Å². The smallest absolute Gasteiger partial charge is 0.138 e. The first-order valence-corrected chi connectivity index (χ1v) is 4.21. The quantitative estimate of drug-likeness (QED) is 0.533. The minimum atomic E-state index is 0.950. The molecule has 0 aliphatic heterocycles. The summed E-state index contributed by atoms with van der Waals surface area (Å²) in [4.78, 5) is 0.950. The van der Waals surface area contributed by atoms with Crippen LogP contribution in [0.3, 0.4) is 0 Å². The molecule has 1 N–H and O–H groups in total. The highest BCUT2D eigenvalue weighted by molar-refractivity contribution is 8.03. The number of nitrogens with zero attached hydrogens (tertiary/aromatic N) is 2. The molecule has 58 valence electrons. The molecular weight excluding hydrogens is 170 g/mol. The Bertz CT molecular complexity index is 441. The molecule has 0 amide bonds. The maximum absolute atomic E-state index is 8.43. The lowest BCUT2D eigenvalue weighted by Gasteiger charge is -1.91. The Labute approximate surface area is 73.4 Å². The highest BCUT2D eigenvalue weighted by Gasteiger charge is 1.97. The number of nitriles is 1. The average molecular weight is 175 g/mol. The number of thiocyanates is 1. The summed E-state index contributed by atoms with van der Waals surface area (Å²) < 4.78 is 0. The third-order valence-electron chi connectivity index (χ3n) is 1.58. The summed E-state index contributed by atoms with van der Waals surface area (Å²) in [6.45, 7) is 0. The van der Waals surface area contributed by atoms with Gasteiger partial charge in [-0.2, -0.15) is 10.4 Å². The van der Waals surface area contributed by atoms with E-state index in [2.05, 4.69) is 10.2 Å². The summed E-state index contributed by atoms with van der Waals surface area (Å²) in [6, 6.07) is 5.75. The lowest BCUT2D eigenvalue weighted by molar-refractivity contribution is 1.12. The molecule has 0 aliphatic carbocycles. The molecule has 1 aromatic heterocycles. The van der Waals surface area contributed by atoms with Crippen LogP contribution >= 0.6 is 11.8 Å². The van der Waals surface area contributed by atoms with Crippen molar-refractivity contribution in [2.24, 2.45) is 0 Å². The molecule has 0 unspecified atom stereocenters. The number of rotatable bonds is 1. The average Bonchev–Trinajstić information content (AvgIpc) is 2.51. The van der Waals surface area contributed by atoms with Crippen molar-refractivity contribution in [1.29, 1.82) is 5.26 Å². The summed E-state index contributed by atoms with van der Waals surface area (Å²) in [5, 5.41) is 18.2. The normalized spacial score (nSPS) is 9.92. The zero-order valence-corrected chi connectivity index (χ0v) is 6.93. The second-order valence-electron chi connectivity index (χ2n) is 2.31. The van der Waals surface area contributed by atoms with Gasteiger partial charge in [0, 0.05) is 10.3 Å². The minimum absolute atomic E-state index is 0.950. The number of aromatic nitrogens is 2. The van der Waals surface area contributed by atoms with E-state index in [1.807, 2.05) is 23.6 Å². The van der Waals surface area contributed by atoms with E-state index >= 15 is 0 Å². The van der Waals surface area contributed by atoms with E-state index in [1.165, 1.54) is 0 Å². The predicted octanol–water partition coefficient (Wildman–Crippen LogP) is 2.14. The van der Waals surface area contributed by atoms with Gasteiger partial charge in [-0.15, -0.1) is 0 Å². The first-order chi connectivity index (χ1) is 5.90. The van der Waals surface area contributed by atoms with Gasteiger partial charge in [0.2, 0.25) is 0 Å². The molecule has 4 heteroatoms. The van der Waals surface area contributed by atoms with Crippen LogP contribution in [-0.4, -0.2) is 10.2 Å². The van der Waals surface area contributed by atoms with E-state index < -0.39 is 0 Å². The molecule has 0 aliphatic rings. The summed E-state index contributed by atoms with van der Waals surface area (Å²) in [5.74, 6) is 0. The molecule has 0 bridgehead atoms. The molecule has 0 fully saturated rings. The van der Waals surface area contributed by atoms with Gasteiger partial charge in [-0.1, -0.05) is 0 Å². The van der Waals surface area contributed by atoms with E-state index in [0.717, 1.165) is 27.6 Å². The Morgan fingerprint density at radius 3 is 3.25 bits per heavy atom. The summed E-state index contributed by atoms with van der Waals surface area (Å²) in [5.41, 5.74) is 0.997. The predicted molar refractivity (Wildman–Crippen MR) is 47.6 cm³/mol. The summed E-state index contributed by atoms with van der Waals surface area (Å²) in [7, 11) is 0. The Kier molecular flexibility index (Phi) is 1.72. The first kappa shape index (κ1) is 7.19. The first-order valence-electron chi connectivity index (χ1n) is 3.39. The lowest BCUT2D eigenvalue weighted by Crippen LogP contribution is -1.69. The fourth-order valence-electron chi connectivity index (χ4n) is 1.04. The third kappa shape index (κ3) is 1.15. The van der Waals surface area contributed by atoms with E-state index in [9.17, 15) is 0 Å². The monoisotopic (exact) mass is 175 g/mol. The van der Waals surface area contributed by atoms with Crippen LogP contribution in [0.4, 0.5) is 0 Å². The van der Waals surface area contributed by atoms with Gasteiger partial charge in [0.1, 0.15) is 5.40 Å². The molecule has 0 saturated heterocycles. The van der Waals surface area contributed by atoms with E-state index in [1.54, 1.807) is 6.20 Å². The number of H-pyrrole nitrogens is 1. The van der Waals surface area contributed by atoms with E-state index in [4.69, 9.17) is 5.26 Å². The highest BCUT2D eigenvalue weighted by atomic mass is 32.2. The number of benzene rings is 1. The standard InChI is InChI=1S/C8H5N3S/c9-5-12-7-1-2-8-6(3-7)4-10-11-8/h1-4H,(H,10,11). The molecule has 1 aromatic carbocycles. The van der Waals surface area contributed by atoms with Crippen LogP contribution in [0.5, 0.6) is 0 Å². The number of hydrogen-bond acceptors (Lipinski definition) is 3. The molecule has 1 heterocycles. The molecule has 0 spiro atoms. The van der Waals surface area contributed by atoms with Crippen molar-refractivity contribution in [2.45, 2.75) is 4.90 Å². The topological polar surface area (TPSA) is 52.5 Å². The largest absolute Gasteiger partial charge is 0.278 e. The number of aromatic amines is 1. The van der Waals surface area contributed by atoms with Gasteiger partial charge in [-0.3, -0.25) is 5.10 Å². The zero-order chi connectivity index (χ0) is 8.39. The number of thioether (sulfide) groups is 1. The minimum Gasteiger partial charge on any atom is -0.278 e. The van der Waals surface area contributed by atoms with Crippen molar-refractivity contribution < 1.29 is 0 Å². The molecule has 12 heavy (non-hydrogen) atoms. The van der Waals surface area contributed by atoms with Gasteiger partial charge >= 0.3 is 0 Å². The van der Waals surface area contributed by atoms with Crippen molar-refractivity contribution in [2.75, 3.05) is 0 Å². The van der Waals surface area contributed by atoms with Crippen molar-refractivity contribution in [3.8, 4) is 5.40 Å². The van der Waals surface area contributed by atoms with Crippen molar-refractivity contribution in [1.82, 2.24) is 10.2 Å². The Balaban J connectivity index is 2.54. The van der Waals surface area contributed by atoms with Crippen molar-refractivity contribution in [3.63, 3.8) is 0 Å². The fraction of sp³-hybridized carbons (Fsp3) is 0. The van der Waals surface area contributed by atoms with Crippen LogP contribution in [0.1, 0.15) is 0 Å². The van der Waals surface area contributed by atoms with Gasteiger partial charge < -0.3 is 0 Å². The molecule has 0 atom stereocenters. The van der Waals surface area contributed by atoms with Gasteiger partial charge in [0.15, 0.2) is 0 Å². The molecule has 3 nitrogen and oxygen atoms in total. The second-order valence-corrected chi connectivity index (χ2v) is 3.17. The summed E-state index contributed by atoms with van der Waals surface area (Å²) in [6.07, 6.45) is 1.75. The van der Waals surface area contributed by atoms with Crippen molar-refractivity contribution in [3.05, 3.63) is 24.4 Å². The molecular formula is C8H5N3S. The van der Waals surface area contributed by atoms with Gasteiger partial charge in [0.05, 0.1) is 11.7 Å². The molecule has 0 saturated carbocycles. The summed E-state index contributed by atoms with van der Waals surface area (Å²) >= 11 is 1.16. The van der Waals surface area contributed by atoms with Crippen LogP contribution in [-0.2, 0) is 0 Å². The van der Waals surface area contributed by atoms with E-state index in [-0.39, 0.29) is 0 Å². The lowest BCUT2D eigenvalue weighted by atomic mass is 10.3. The highest BCUT2D eigenvalue weighted by Crippen LogP contribution is 2.20. The SMILES string of the molecule is N#CSc1ccc2[nH]ncc2c1. The number of nitrogens with one attached hydrogen (secondary N) is 1. The van der Waals surface area contributed by atoms with Gasteiger partial charge in [0.25, 0.3) is 0 Å². The Morgan fingerprint density at radius 1 is 1.50 bits per heavy atom.